The van der Waals surface area contributed by atoms with Crippen LogP contribution in [0.3, 0.4) is 0 Å². The Kier molecular flexibility index (Phi) is 6.47. The van der Waals surface area contributed by atoms with Crippen LogP contribution in [0.25, 0.3) is 0 Å². The zero-order valence-corrected chi connectivity index (χ0v) is 19.3. The van der Waals surface area contributed by atoms with E-state index >= 15 is 0 Å². The number of alkyl halides is 3. The molecular weight excluding hydrogens is 459 g/mol. The van der Waals surface area contributed by atoms with E-state index in [0.29, 0.717) is 16.0 Å². The molecule has 1 unspecified atom stereocenters. The Balaban J connectivity index is 2.12. The van der Waals surface area contributed by atoms with Crippen LogP contribution in [0.15, 0.2) is 41.3 Å². The number of nitrogens with zero attached hydrogens (tertiary/aromatic N) is 2. The highest BCUT2D eigenvalue weighted by atomic mass is 32.2. The lowest BCUT2D eigenvalue weighted by Gasteiger charge is -2.37. The summed E-state index contributed by atoms with van der Waals surface area (Å²) < 4.78 is 66.9. The van der Waals surface area contributed by atoms with E-state index in [2.05, 4.69) is 5.32 Å². The van der Waals surface area contributed by atoms with E-state index in [4.69, 9.17) is 0 Å². The quantitative estimate of drug-likeness (QED) is 0.705. The number of rotatable bonds is 5. The molecule has 0 fully saturated rings. The normalized spacial score (nSPS) is 16.3. The molecule has 1 aliphatic rings. The summed E-state index contributed by atoms with van der Waals surface area (Å²) >= 11 is 0. The van der Waals surface area contributed by atoms with Crippen LogP contribution in [0.1, 0.15) is 23.1 Å². The zero-order chi connectivity index (χ0) is 24.7. The molecule has 11 heteroatoms. The Hall–Kier alpha value is -3.08. The van der Waals surface area contributed by atoms with Gasteiger partial charge in [-0.1, -0.05) is 29.8 Å². The number of aryl methyl sites for hydroxylation is 3. The van der Waals surface area contributed by atoms with Gasteiger partial charge < -0.3 is 10.2 Å². The van der Waals surface area contributed by atoms with E-state index in [0.717, 1.165) is 16.9 Å². The molecule has 178 valence electrons. The first-order valence-corrected chi connectivity index (χ1v) is 11.5. The van der Waals surface area contributed by atoms with Crippen molar-refractivity contribution in [2.24, 2.45) is 0 Å². The second-order valence-corrected chi connectivity index (χ2v) is 9.87. The largest absolute Gasteiger partial charge is 0.406 e. The van der Waals surface area contributed by atoms with Crippen LogP contribution in [0.4, 0.5) is 24.5 Å². The molecule has 33 heavy (non-hydrogen) atoms. The molecule has 1 N–H and O–H groups in total. The highest BCUT2D eigenvalue weighted by molar-refractivity contribution is 7.93. The van der Waals surface area contributed by atoms with Gasteiger partial charge >= 0.3 is 6.18 Å². The maximum Gasteiger partial charge on any atom is 0.406 e. The number of carbonyl (C=O) groups excluding carboxylic acids is 2. The number of hydrogen-bond donors (Lipinski definition) is 1. The van der Waals surface area contributed by atoms with Crippen molar-refractivity contribution < 1.29 is 31.2 Å². The van der Waals surface area contributed by atoms with Crippen LogP contribution in [0, 0.1) is 20.8 Å². The van der Waals surface area contributed by atoms with E-state index < -0.39 is 47.0 Å². The maximum absolute atomic E-state index is 13.9. The minimum atomic E-state index is -4.63. The van der Waals surface area contributed by atoms with Crippen LogP contribution in [-0.4, -0.2) is 50.9 Å². The Morgan fingerprint density at radius 3 is 2.27 bits per heavy atom. The van der Waals surface area contributed by atoms with Crippen LogP contribution in [0.5, 0.6) is 0 Å². The molecule has 0 radical (unpaired) electrons. The second kappa shape index (κ2) is 8.69. The van der Waals surface area contributed by atoms with Crippen LogP contribution >= 0.6 is 0 Å². The number of para-hydroxylation sites is 2. The summed E-state index contributed by atoms with van der Waals surface area (Å²) in [5.41, 5.74) is 2.11. The van der Waals surface area contributed by atoms with Gasteiger partial charge in [-0.2, -0.15) is 13.2 Å². The van der Waals surface area contributed by atoms with Gasteiger partial charge in [0.15, 0.2) is 0 Å². The Bertz CT molecular complexity index is 1190. The fourth-order valence-corrected chi connectivity index (χ4v) is 6.14. The molecule has 2 aromatic rings. The van der Waals surface area contributed by atoms with Gasteiger partial charge in [-0.25, -0.2) is 8.42 Å². The summed E-state index contributed by atoms with van der Waals surface area (Å²) in [7, 11) is -3.41. The van der Waals surface area contributed by atoms with Crippen molar-refractivity contribution in [2.45, 2.75) is 44.3 Å². The third-order valence-electron chi connectivity index (χ3n) is 5.32. The molecule has 2 amide bonds. The molecule has 2 aromatic carbocycles. The number of carbonyl (C=O) groups is 2. The third-order valence-corrected chi connectivity index (χ3v) is 7.45. The summed E-state index contributed by atoms with van der Waals surface area (Å²) in [5, 5.41) is 2.56. The fourth-order valence-electron chi connectivity index (χ4n) is 4.08. The van der Waals surface area contributed by atoms with E-state index in [-0.39, 0.29) is 16.3 Å². The molecule has 1 atom stereocenters. The highest BCUT2D eigenvalue weighted by Crippen LogP contribution is 2.39. The van der Waals surface area contributed by atoms with E-state index in [1.165, 1.54) is 12.1 Å². The topological polar surface area (TPSA) is 86.8 Å². The molecule has 0 aromatic heterocycles. The molecule has 0 bridgehead atoms. The van der Waals surface area contributed by atoms with E-state index in [1.807, 2.05) is 6.92 Å². The highest BCUT2D eigenvalue weighted by Gasteiger charge is 2.44. The number of benzene rings is 2. The van der Waals surface area contributed by atoms with Crippen LogP contribution < -0.4 is 9.62 Å². The summed E-state index contributed by atoms with van der Waals surface area (Å²) in [6, 6.07) is 7.98. The van der Waals surface area contributed by atoms with Gasteiger partial charge in [0.2, 0.25) is 11.8 Å². The summed E-state index contributed by atoms with van der Waals surface area (Å²) in [4.78, 5) is 25.9. The predicted octanol–water partition coefficient (Wildman–Crippen LogP) is 3.54. The van der Waals surface area contributed by atoms with Gasteiger partial charge in [-0.15, -0.1) is 0 Å². The average molecular weight is 484 g/mol. The first-order valence-electron chi connectivity index (χ1n) is 10.1. The third kappa shape index (κ3) is 4.97. The second-order valence-electron chi connectivity index (χ2n) is 8.12. The van der Waals surface area contributed by atoms with E-state index in [9.17, 15) is 31.2 Å². The van der Waals surface area contributed by atoms with Gasteiger partial charge in [0, 0.05) is 7.05 Å². The van der Waals surface area contributed by atoms with Gasteiger partial charge in [0.25, 0.3) is 10.0 Å². The van der Waals surface area contributed by atoms with Gasteiger partial charge in [-0.3, -0.25) is 13.9 Å². The molecule has 0 saturated carbocycles. The van der Waals surface area contributed by atoms with Crippen molar-refractivity contribution in [3.8, 4) is 0 Å². The first kappa shape index (κ1) is 24.6. The molecule has 0 aliphatic carbocycles. The number of fused-ring (bicyclic) bond motifs is 1. The number of sulfonamides is 1. The van der Waals surface area contributed by atoms with Crippen molar-refractivity contribution in [2.75, 3.05) is 23.2 Å². The van der Waals surface area contributed by atoms with Crippen molar-refractivity contribution >= 4 is 33.2 Å². The Morgan fingerprint density at radius 2 is 1.70 bits per heavy atom. The summed E-state index contributed by atoms with van der Waals surface area (Å²) in [6.45, 7) is 3.55. The number of halogens is 3. The molecule has 0 spiro atoms. The van der Waals surface area contributed by atoms with Gasteiger partial charge in [-0.05, 0) is 44.0 Å². The van der Waals surface area contributed by atoms with Crippen molar-refractivity contribution in [1.82, 2.24) is 4.90 Å². The molecule has 1 heterocycles. The molecule has 7 nitrogen and oxygen atoms in total. The fraction of sp³-hybridized carbons (Fsp3) is 0.364. The lowest BCUT2D eigenvalue weighted by atomic mass is 10.1. The Morgan fingerprint density at radius 1 is 1.12 bits per heavy atom. The smallest absolute Gasteiger partial charge is 0.337 e. The molecule has 3 rings (SSSR count). The monoisotopic (exact) mass is 483 g/mol. The van der Waals surface area contributed by atoms with Gasteiger partial charge in [0.05, 0.1) is 22.7 Å². The van der Waals surface area contributed by atoms with Crippen molar-refractivity contribution in [3.05, 3.63) is 53.1 Å². The van der Waals surface area contributed by atoms with Crippen LogP contribution in [-0.2, 0) is 19.6 Å². The molecule has 0 saturated heterocycles. The number of anilines is 2. The SMILES string of the molecule is Cc1cc(C)c(S(=O)(=O)N2c3ccccc3NC(=O)C2CC(=O)N(C)CC(F)(F)F)c(C)c1. The number of amides is 2. The number of nitrogens with one attached hydrogen (secondary N) is 1. The van der Waals surface area contributed by atoms with Crippen LogP contribution in [0.2, 0.25) is 0 Å². The maximum atomic E-state index is 13.9. The van der Waals surface area contributed by atoms with Crippen molar-refractivity contribution in [1.29, 1.82) is 0 Å². The Labute approximate surface area is 190 Å². The minimum Gasteiger partial charge on any atom is -0.337 e. The van der Waals surface area contributed by atoms with E-state index in [1.54, 1.807) is 38.1 Å². The lowest BCUT2D eigenvalue weighted by molar-refractivity contribution is -0.158. The zero-order valence-electron chi connectivity index (χ0n) is 18.5. The van der Waals surface area contributed by atoms with Crippen molar-refractivity contribution in [3.63, 3.8) is 0 Å². The first-order chi connectivity index (χ1) is 15.2. The molecule has 1 aliphatic heterocycles. The standard InChI is InChI=1S/C22H24F3N3O4S/c1-13-9-14(2)20(15(3)10-13)33(31,32)28-17-8-6-5-7-16(17)26-21(30)18(28)11-19(29)27(4)12-22(23,24)25/h5-10,18H,11-12H2,1-4H3,(H,26,30). The summed E-state index contributed by atoms with van der Waals surface area (Å²) in [6.07, 6.45) is -5.39. The average Bonchev–Trinajstić information content (AvgIpc) is 2.65. The summed E-state index contributed by atoms with van der Waals surface area (Å²) in [5.74, 6) is -1.81. The molecular formula is C22H24F3N3O4S. The number of hydrogen-bond acceptors (Lipinski definition) is 4. The van der Waals surface area contributed by atoms with Gasteiger partial charge in [0.1, 0.15) is 12.6 Å². The predicted molar refractivity (Wildman–Crippen MR) is 117 cm³/mol. The lowest BCUT2D eigenvalue weighted by Crippen LogP contribution is -2.53. The minimum absolute atomic E-state index is 0.0151.